The highest BCUT2D eigenvalue weighted by Crippen LogP contribution is 2.35. The predicted octanol–water partition coefficient (Wildman–Crippen LogP) is 3.49. The van der Waals surface area contributed by atoms with Crippen molar-refractivity contribution in [3.8, 4) is 0 Å². The number of carbonyl (C=O) groups excluding carboxylic acids is 1. The van der Waals surface area contributed by atoms with E-state index in [0.29, 0.717) is 5.92 Å². The SMILES string of the molecule is Cc1cc(C2CC=C(OC(=O)C3CC3)CC2)ccn1. The van der Waals surface area contributed by atoms with Crippen LogP contribution in [0.5, 0.6) is 0 Å². The van der Waals surface area contributed by atoms with Gasteiger partial charge in [-0.05, 0) is 62.3 Å². The number of rotatable bonds is 3. The zero-order valence-corrected chi connectivity index (χ0v) is 11.3. The highest BCUT2D eigenvalue weighted by molar-refractivity contribution is 5.75. The van der Waals surface area contributed by atoms with Crippen LogP contribution in [0.4, 0.5) is 0 Å². The summed E-state index contributed by atoms with van der Waals surface area (Å²) in [5.41, 5.74) is 2.41. The number of esters is 1. The normalized spacial score (nSPS) is 22.8. The number of pyridine rings is 1. The lowest BCUT2D eigenvalue weighted by Gasteiger charge is -2.22. The van der Waals surface area contributed by atoms with E-state index in [-0.39, 0.29) is 11.9 Å². The first-order valence-corrected chi connectivity index (χ1v) is 7.05. The van der Waals surface area contributed by atoms with Crippen molar-refractivity contribution in [2.24, 2.45) is 5.92 Å². The summed E-state index contributed by atoms with van der Waals surface area (Å²) in [5.74, 6) is 1.56. The van der Waals surface area contributed by atoms with E-state index >= 15 is 0 Å². The molecule has 3 rings (SSSR count). The molecule has 3 nitrogen and oxygen atoms in total. The van der Waals surface area contributed by atoms with Crippen molar-refractivity contribution in [1.82, 2.24) is 4.98 Å². The van der Waals surface area contributed by atoms with E-state index in [0.717, 1.165) is 43.6 Å². The Morgan fingerprint density at radius 1 is 1.37 bits per heavy atom. The zero-order chi connectivity index (χ0) is 13.2. The molecule has 1 atom stereocenters. The molecule has 19 heavy (non-hydrogen) atoms. The first kappa shape index (κ1) is 12.4. The molecule has 0 radical (unpaired) electrons. The largest absolute Gasteiger partial charge is 0.431 e. The molecule has 1 aromatic heterocycles. The molecule has 1 heterocycles. The summed E-state index contributed by atoms with van der Waals surface area (Å²) in [4.78, 5) is 15.8. The molecule has 2 aliphatic rings. The molecule has 0 aromatic carbocycles. The van der Waals surface area contributed by atoms with E-state index in [4.69, 9.17) is 4.74 Å². The quantitative estimate of drug-likeness (QED) is 0.778. The van der Waals surface area contributed by atoms with Crippen LogP contribution in [0.15, 0.2) is 30.2 Å². The van der Waals surface area contributed by atoms with Crippen molar-refractivity contribution >= 4 is 5.97 Å². The average Bonchev–Trinajstić information content (AvgIpc) is 3.24. The number of allylic oxidation sites excluding steroid dienone is 2. The maximum atomic E-state index is 11.6. The molecule has 0 amide bonds. The Bertz CT molecular complexity index is 517. The molecular weight excluding hydrogens is 238 g/mol. The second kappa shape index (κ2) is 5.16. The second-order valence-electron chi connectivity index (χ2n) is 5.57. The highest BCUT2D eigenvalue weighted by Gasteiger charge is 2.32. The van der Waals surface area contributed by atoms with Crippen molar-refractivity contribution in [2.45, 2.75) is 44.9 Å². The van der Waals surface area contributed by atoms with Crippen LogP contribution < -0.4 is 0 Å². The van der Waals surface area contributed by atoms with E-state index in [1.54, 1.807) is 0 Å². The van der Waals surface area contributed by atoms with Crippen LogP contribution >= 0.6 is 0 Å². The summed E-state index contributed by atoms with van der Waals surface area (Å²) in [6.07, 6.45) is 8.84. The van der Waals surface area contributed by atoms with Crippen molar-refractivity contribution in [2.75, 3.05) is 0 Å². The predicted molar refractivity (Wildman–Crippen MR) is 72.5 cm³/mol. The molecule has 0 saturated heterocycles. The molecule has 0 aliphatic heterocycles. The third-order valence-electron chi connectivity index (χ3n) is 3.90. The Morgan fingerprint density at radius 3 is 2.84 bits per heavy atom. The van der Waals surface area contributed by atoms with Gasteiger partial charge in [0.15, 0.2) is 0 Å². The van der Waals surface area contributed by atoms with Gasteiger partial charge in [-0.3, -0.25) is 9.78 Å². The van der Waals surface area contributed by atoms with E-state index in [1.807, 2.05) is 13.1 Å². The minimum absolute atomic E-state index is 0.0237. The van der Waals surface area contributed by atoms with Crippen LogP contribution in [0.25, 0.3) is 0 Å². The van der Waals surface area contributed by atoms with Gasteiger partial charge in [0.25, 0.3) is 0 Å². The van der Waals surface area contributed by atoms with Gasteiger partial charge in [-0.15, -0.1) is 0 Å². The Morgan fingerprint density at radius 2 is 2.21 bits per heavy atom. The maximum absolute atomic E-state index is 11.6. The summed E-state index contributed by atoms with van der Waals surface area (Å²) in [7, 11) is 0. The smallest absolute Gasteiger partial charge is 0.313 e. The molecule has 1 saturated carbocycles. The van der Waals surface area contributed by atoms with Crippen LogP contribution in [0, 0.1) is 12.8 Å². The van der Waals surface area contributed by atoms with Crippen LogP contribution in [-0.2, 0) is 9.53 Å². The highest BCUT2D eigenvalue weighted by atomic mass is 16.5. The molecule has 2 aliphatic carbocycles. The number of carbonyl (C=O) groups is 1. The molecule has 0 N–H and O–H groups in total. The van der Waals surface area contributed by atoms with Gasteiger partial charge < -0.3 is 4.74 Å². The number of hydrogen-bond donors (Lipinski definition) is 0. The summed E-state index contributed by atoms with van der Waals surface area (Å²) in [6, 6.07) is 4.24. The Hall–Kier alpha value is -1.64. The summed E-state index contributed by atoms with van der Waals surface area (Å²) < 4.78 is 5.43. The minimum atomic E-state index is -0.0237. The summed E-state index contributed by atoms with van der Waals surface area (Å²) in [5, 5.41) is 0. The van der Waals surface area contributed by atoms with Gasteiger partial charge in [-0.25, -0.2) is 0 Å². The van der Waals surface area contributed by atoms with Gasteiger partial charge in [-0.1, -0.05) is 0 Å². The maximum Gasteiger partial charge on any atom is 0.313 e. The van der Waals surface area contributed by atoms with Gasteiger partial charge in [0.1, 0.15) is 5.76 Å². The number of aromatic nitrogens is 1. The van der Waals surface area contributed by atoms with Crippen molar-refractivity contribution in [3.05, 3.63) is 41.4 Å². The van der Waals surface area contributed by atoms with Crippen LogP contribution in [0.3, 0.4) is 0 Å². The monoisotopic (exact) mass is 257 g/mol. The van der Waals surface area contributed by atoms with Crippen LogP contribution in [-0.4, -0.2) is 11.0 Å². The third-order valence-corrected chi connectivity index (χ3v) is 3.90. The van der Waals surface area contributed by atoms with Gasteiger partial charge in [0.05, 0.1) is 5.92 Å². The van der Waals surface area contributed by atoms with Crippen LogP contribution in [0.2, 0.25) is 0 Å². The second-order valence-corrected chi connectivity index (χ2v) is 5.57. The fourth-order valence-electron chi connectivity index (χ4n) is 2.56. The zero-order valence-electron chi connectivity index (χ0n) is 11.3. The van der Waals surface area contributed by atoms with E-state index in [9.17, 15) is 4.79 Å². The van der Waals surface area contributed by atoms with Crippen molar-refractivity contribution in [1.29, 1.82) is 0 Å². The number of aryl methyl sites for hydroxylation is 1. The standard InChI is InChI=1S/C16H19NO2/c1-11-10-14(8-9-17-11)12-4-6-15(7-5-12)19-16(18)13-2-3-13/h6,8-10,12-13H,2-5,7H2,1H3. The lowest BCUT2D eigenvalue weighted by molar-refractivity contribution is -0.141. The number of ether oxygens (including phenoxy) is 1. The average molecular weight is 257 g/mol. The molecule has 0 spiro atoms. The summed E-state index contributed by atoms with van der Waals surface area (Å²) >= 11 is 0. The molecule has 3 heteroatoms. The Labute approximate surface area is 113 Å². The summed E-state index contributed by atoms with van der Waals surface area (Å²) in [6.45, 7) is 2.02. The number of nitrogens with zero attached hydrogens (tertiary/aromatic N) is 1. The van der Waals surface area contributed by atoms with Gasteiger partial charge in [0.2, 0.25) is 0 Å². The molecule has 0 bridgehead atoms. The Balaban J connectivity index is 1.61. The molecular formula is C16H19NO2. The number of hydrogen-bond acceptors (Lipinski definition) is 3. The molecule has 1 aromatic rings. The van der Waals surface area contributed by atoms with Crippen LogP contribution in [0.1, 0.15) is 49.3 Å². The van der Waals surface area contributed by atoms with Gasteiger partial charge >= 0.3 is 5.97 Å². The molecule has 1 fully saturated rings. The lowest BCUT2D eigenvalue weighted by Crippen LogP contribution is -2.11. The van der Waals surface area contributed by atoms with Crippen molar-refractivity contribution in [3.63, 3.8) is 0 Å². The lowest BCUT2D eigenvalue weighted by atomic mass is 9.87. The van der Waals surface area contributed by atoms with Gasteiger partial charge in [-0.2, -0.15) is 0 Å². The fraction of sp³-hybridized carbons (Fsp3) is 0.500. The van der Waals surface area contributed by atoms with E-state index in [1.165, 1.54) is 5.56 Å². The third kappa shape index (κ3) is 3.03. The molecule has 100 valence electrons. The van der Waals surface area contributed by atoms with Gasteiger partial charge in [0, 0.05) is 18.3 Å². The molecule has 1 unspecified atom stereocenters. The van der Waals surface area contributed by atoms with E-state index < -0.39 is 0 Å². The topological polar surface area (TPSA) is 39.2 Å². The van der Waals surface area contributed by atoms with E-state index in [2.05, 4.69) is 23.2 Å². The first-order chi connectivity index (χ1) is 9.22. The minimum Gasteiger partial charge on any atom is -0.431 e. The Kier molecular flexibility index (Phi) is 3.36. The van der Waals surface area contributed by atoms with Crippen molar-refractivity contribution < 1.29 is 9.53 Å². The first-order valence-electron chi connectivity index (χ1n) is 7.05. The fourth-order valence-corrected chi connectivity index (χ4v) is 2.56.